The van der Waals surface area contributed by atoms with Crippen molar-refractivity contribution in [1.82, 2.24) is 15.2 Å². The third kappa shape index (κ3) is 3.78. The third-order valence-corrected chi connectivity index (χ3v) is 4.16. The fourth-order valence-electron chi connectivity index (χ4n) is 1.52. The van der Waals surface area contributed by atoms with Gasteiger partial charge in [0.05, 0.1) is 6.04 Å². The summed E-state index contributed by atoms with van der Waals surface area (Å²) < 4.78 is 31.0. The molecule has 0 fully saturated rings. The minimum absolute atomic E-state index is 0.105. The summed E-state index contributed by atoms with van der Waals surface area (Å²) in [5.74, 6) is -1.87. The van der Waals surface area contributed by atoms with Gasteiger partial charge in [-0.1, -0.05) is 5.16 Å². The van der Waals surface area contributed by atoms with Gasteiger partial charge < -0.3 is 14.9 Å². The van der Waals surface area contributed by atoms with E-state index in [1.54, 1.807) is 0 Å². The molecule has 1 aromatic heterocycles. The van der Waals surface area contributed by atoms with E-state index < -0.39 is 34.5 Å². The molecule has 1 aromatic rings. The highest BCUT2D eigenvalue weighted by Crippen LogP contribution is 2.18. The number of carboxylic acids is 1. The summed E-state index contributed by atoms with van der Waals surface area (Å²) in [5.41, 5.74) is 0.174. The lowest BCUT2D eigenvalue weighted by atomic mass is 10.3. The summed E-state index contributed by atoms with van der Waals surface area (Å²) in [6.07, 6.45) is 0. The zero-order chi connectivity index (χ0) is 15.5. The quantitative estimate of drug-likeness (QED) is 0.622. The smallest absolute Gasteiger partial charge is 0.322 e. The molecule has 0 spiro atoms. The molecule has 1 heterocycles. The summed E-state index contributed by atoms with van der Waals surface area (Å²) >= 11 is 0. The number of sulfonamides is 1. The number of aliphatic carboxylic acids is 1. The Morgan fingerprint density at radius 2 is 2.00 bits per heavy atom. The van der Waals surface area contributed by atoms with Crippen LogP contribution in [0, 0.1) is 13.8 Å². The van der Waals surface area contributed by atoms with Crippen LogP contribution in [-0.4, -0.2) is 43.1 Å². The molecule has 0 aliphatic rings. The van der Waals surface area contributed by atoms with Crippen LogP contribution >= 0.6 is 0 Å². The van der Waals surface area contributed by atoms with E-state index in [4.69, 9.17) is 9.63 Å². The number of nitrogens with one attached hydrogen (secondary N) is 2. The lowest BCUT2D eigenvalue weighted by Crippen LogP contribution is -2.46. The first kappa shape index (κ1) is 16.1. The van der Waals surface area contributed by atoms with Crippen molar-refractivity contribution in [1.29, 1.82) is 0 Å². The van der Waals surface area contributed by atoms with Gasteiger partial charge in [0.15, 0.2) is 5.76 Å². The first-order valence-electron chi connectivity index (χ1n) is 5.60. The number of nitrogens with zero attached hydrogens (tertiary/aromatic N) is 1. The van der Waals surface area contributed by atoms with Crippen LogP contribution in [0.2, 0.25) is 0 Å². The molecule has 1 atom stereocenters. The van der Waals surface area contributed by atoms with Crippen LogP contribution in [0.5, 0.6) is 0 Å². The minimum Gasteiger partial charge on any atom is -0.480 e. The average Bonchev–Trinajstić information content (AvgIpc) is 2.65. The molecule has 0 saturated heterocycles. The van der Waals surface area contributed by atoms with Crippen LogP contribution < -0.4 is 10.0 Å². The molecule has 1 unspecified atom stereocenters. The second-order valence-electron chi connectivity index (χ2n) is 4.11. The van der Waals surface area contributed by atoms with Gasteiger partial charge in [0.25, 0.3) is 0 Å². The zero-order valence-electron chi connectivity index (χ0n) is 11.1. The summed E-state index contributed by atoms with van der Waals surface area (Å²) in [4.78, 5) is 21.7. The maximum Gasteiger partial charge on any atom is 0.322 e. The fraction of sp³-hybridized carbons (Fsp3) is 0.500. The molecule has 10 heteroatoms. The topological polar surface area (TPSA) is 139 Å². The van der Waals surface area contributed by atoms with Crippen molar-refractivity contribution in [2.75, 3.05) is 6.54 Å². The molecule has 0 aromatic carbocycles. The van der Waals surface area contributed by atoms with Crippen molar-refractivity contribution in [3.05, 3.63) is 11.5 Å². The minimum atomic E-state index is -3.98. The lowest BCUT2D eigenvalue weighted by Gasteiger charge is -2.13. The number of rotatable bonds is 6. The van der Waals surface area contributed by atoms with Crippen molar-refractivity contribution >= 4 is 21.9 Å². The van der Waals surface area contributed by atoms with Crippen LogP contribution in [0.1, 0.15) is 18.4 Å². The maximum absolute atomic E-state index is 12.1. The number of hydrogen-bond acceptors (Lipinski definition) is 6. The summed E-state index contributed by atoms with van der Waals surface area (Å²) in [7, 11) is -3.98. The summed E-state index contributed by atoms with van der Waals surface area (Å²) in [6, 6.07) is -1.13. The Kier molecular flexibility index (Phi) is 4.84. The highest BCUT2D eigenvalue weighted by molar-refractivity contribution is 7.89. The first-order valence-corrected chi connectivity index (χ1v) is 7.08. The third-order valence-electron chi connectivity index (χ3n) is 2.38. The molecule has 1 rings (SSSR count). The molecule has 20 heavy (non-hydrogen) atoms. The van der Waals surface area contributed by atoms with Crippen molar-refractivity contribution in [2.45, 2.75) is 31.7 Å². The van der Waals surface area contributed by atoms with Crippen LogP contribution in [0.15, 0.2) is 9.42 Å². The van der Waals surface area contributed by atoms with Crippen LogP contribution in [-0.2, 0) is 19.6 Å². The monoisotopic (exact) mass is 305 g/mol. The van der Waals surface area contributed by atoms with E-state index in [-0.39, 0.29) is 16.3 Å². The number of aromatic nitrogens is 1. The van der Waals surface area contributed by atoms with Crippen LogP contribution in [0.4, 0.5) is 0 Å². The van der Waals surface area contributed by atoms with E-state index in [1.807, 2.05) is 0 Å². The molecular weight excluding hydrogens is 290 g/mol. The molecular formula is C10H15N3O6S. The fourth-order valence-corrected chi connectivity index (χ4v) is 3.05. The Hall–Kier alpha value is -1.94. The molecule has 1 amide bonds. The van der Waals surface area contributed by atoms with Gasteiger partial charge >= 0.3 is 5.97 Å². The Labute approximate surface area is 115 Å². The van der Waals surface area contributed by atoms with Crippen molar-refractivity contribution in [3.63, 3.8) is 0 Å². The molecule has 0 aliphatic heterocycles. The molecule has 0 bridgehead atoms. The Bertz CT molecular complexity index is 601. The number of hydrogen-bond donors (Lipinski definition) is 3. The highest BCUT2D eigenvalue weighted by Gasteiger charge is 2.28. The van der Waals surface area contributed by atoms with Crippen molar-refractivity contribution in [2.24, 2.45) is 0 Å². The first-order chi connectivity index (χ1) is 9.15. The molecule has 0 radical (unpaired) electrons. The highest BCUT2D eigenvalue weighted by atomic mass is 32.2. The van der Waals surface area contributed by atoms with Gasteiger partial charge in [-0.25, -0.2) is 8.42 Å². The number of carboxylic acid groups (broad SMARTS) is 1. The average molecular weight is 305 g/mol. The van der Waals surface area contributed by atoms with E-state index in [0.717, 1.165) is 0 Å². The summed E-state index contributed by atoms with van der Waals surface area (Å²) in [5, 5.41) is 14.0. The normalized spacial score (nSPS) is 12.9. The SMILES string of the molecule is Cc1noc(C)c1S(=O)(=O)NC(C)C(=O)NCC(=O)O. The summed E-state index contributed by atoms with van der Waals surface area (Å²) in [6.45, 7) is 3.60. The Balaban J connectivity index is 2.81. The molecule has 3 N–H and O–H groups in total. The Morgan fingerprint density at radius 3 is 2.45 bits per heavy atom. The van der Waals surface area contributed by atoms with Gasteiger partial charge in [-0.3, -0.25) is 9.59 Å². The van der Waals surface area contributed by atoms with Crippen molar-refractivity contribution in [3.8, 4) is 0 Å². The largest absolute Gasteiger partial charge is 0.480 e. The predicted octanol–water partition coefficient (Wildman–Crippen LogP) is -0.841. The van der Waals surface area contributed by atoms with Gasteiger partial charge in [-0.2, -0.15) is 4.72 Å². The maximum atomic E-state index is 12.1. The number of carbonyl (C=O) groups is 2. The molecule has 9 nitrogen and oxygen atoms in total. The second-order valence-corrected chi connectivity index (χ2v) is 5.76. The van der Waals surface area contributed by atoms with Gasteiger partial charge in [-0.15, -0.1) is 0 Å². The van der Waals surface area contributed by atoms with Crippen LogP contribution in [0.3, 0.4) is 0 Å². The Morgan fingerprint density at radius 1 is 1.40 bits per heavy atom. The van der Waals surface area contributed by atoms with Gasteiger partial charge in [0, 0.05) is 0 Å². The number of amides is 1. The molecule has 0 aliphatic carbocycles. The van der Waals surface area contributed by atoms with Gasteiger partial charge in [-0.05, 0) is 20.8 Å². The van der Waals surface area contributed by atoms with E-state index in [9.17, 15) is 18.0 Å². The lowest BCUT2D eigenvalue weighted by molar-refractivity contribution is -0.138. The number of carbonyl (C=O) groups excluding carboxylic acids is 1. The predicted molar refractivity (Wildman–Crippen MR) is 66.4 cm³/mol. The van der Waals surface area contributed by atoms with E-state index in [1.165, 1.54) is 20.8 Å². The van der Waals surface area contributed by atoms with E-state index in [0.29, 0.717) is 0 Å². The van der Waals surface area contributed by atoms with Crippen molar-refractivity contribution < 1.29 is 27.6 Å². The second kappa shape index (κ2) is 6.01. The molecule has 0 saturated carbocycles. The zero-order valence-corrected chi connectivity index (χ0v) is 11.9. The van der Waals surface area contributed by atoms with E-state index >= 15 is 0 Å². The van der Waals surface area contributed by atoms with Crippen LogP contribution in [0.25, 0.3) is 0 Å². The standard InChI is InChI=1S/C10H15N3O6S/c1-5-9(7(3)19-12-5)20(17,18)13-6(2)10(16)11-4-8(14)15/h6,13H,4H2,1-3H3,(H,11,16)(H,14,15). The molecule has 112 valence electrons. The van der Waals surface area contributed by atoms with Gasteiger partial charge in [0.2, 0.25) is 15.9 Å². The van der Waals surface area contributed by atoms with Gasteiger partial charge in [0.1, 0.15) is 17.1 Å². The number of aryl methyl sites for hydroxylation is 2. The van der Waals surface area contributed by atoms with E-state index in [2.05, 4.69) is 15.2 Å².